The van der Waals surface area contributed by atoms with Crippen molar-refractivity contribution in [3.8, 4) is 5.75 Å². The number of halogens is 1. The molecule has 1 aliphatic rings. The number of hydrogen-bond donors (Lipinski definition) is 0. The zero-order valence-electron chi connectivity index (χ0n) is 14.8. The Labute approximate surface area is 176 Å². The van der Waals surface area contributed by atoms with Crippen LogP contribution in [0, 0.1) is 0 Å². The summed E-state index contributed by atoms with van der Waals surface area (Å²) in [6, 6.07) is 13.5. The quantitative estimate of drug-likeness (QED) is 0.515. The molecule has 0 saturated carbocycles. The number of amides is 1. The molecular formula is C20H15ClNO4S2-. The van der Waals surface area contributed by atoms with Gasteiger partial charge in [-0.05, 0) is 36.8 Å². The van der Waals surface area contributed by atoms with Gasteiger partial charge in [-0.3, -0.25) is 9.69 Å². The highest BCUT2D eigenvalue weighted by atomic mass is 35.5. The van der Waals surface area contributed by atoms with Crippen molar-refractivity contribution in [1.82, 2.24) is 4.90 Å². The zero-order valence-corrected chi connectivity index (χ0v) is 17.1. The third-order valence-corrected chi connectivity index (χ3v) is 5.78. The summed E-state index contributed by atoms with van der Waals surface area (Å²) in [5.74, 6) is -1.13. The molecule has 144 valence electrons. The summed E-state index contributed by atoms with van der Waals surface area (Å²) < 4.78 is 5.93. The maximum absolute atomic E-state index is 12.4. The van der Waals surface area contributed by atoms with E-state index in [0.29, 0.717) is 22.3 Å². The molecule has 1 saturated heterocycles. The van der Waals surface area contributed by atoms with E-state index in [9.17, 15) is 14.7 Å². The third kappa shape index (κ3) is 4.55. The van der Waals surface area contributed by atoms with E-state index in [4.69, 9.17) is 28.6 Å². The Bertz CT molecular complexity index is 959. The maximum atomic E-state index is 12.4. The second kappa shape index (κ2) is 8.77. The Morgan fingerprint density at radius 1 is 1.29 bits per heavy atom. The number of aliphatic carboxylic acids is 1. The average Bonchev–Trinajstić information content (AvgIpc) is 2.95. The van der Waals surface area contributed by atoms with Crippen LogP contribution >= 0.6 is 35.6 Å². The van der Waals surface area contributed by atoms with Crippen LogP contribution in [0.4, 0.5) is 0 Å². The summed E-state index contributed by atoms with van der Waals surface area (Å²) in [5, 5.41) is 11.7. The van der Waals surface area contributed by atoms with Crippen LogP contribution in [0.1, 0.15) is 18.1 Å². The lowest BCUT2D eigenvalue weighted by molar-refractivity contribution is -0.309. The number of ether oxygens (including phenoxy) is 1. The van der Waals surface area contributed by atoms with Gasteiger partial charge in [-0.1, -0.05) is 65.9 Å². The number of thiocarbonyl (C=S) groups is 1. The fourth-order valence-electron chi connectivity index (χ4n) is 2.51. The van der Waals surface area contributed by atoms with E-state index in [1.807, 2.05) is 18.2 Å². The second-order valence-corrected chi connectivity index (χ2v) is 8.08. The van der Waals surface area contributed by atoms with Crippen molar-refractivity contribution in [2.45, 2.75) is 19.6 Å². The van der Waals surface area contributed by atoms with E-state index >= 15 is 0 Å². The van der Waals surface area contributed by atoms with E-state index in [2.05, 4.69) is 0 Å². The van der Waals surface area contributed by atoms with Crippen molar-refractivity contribution < 1.29 is 19.4 Å². The molecule has 1 aliphatic heterocycles. The summed E-state index contributed by atoms with van der Waals surface area (Å²) in [7, 11) is 0. The number of thioether (sulfide) groups is 1. The normalized spacial score (nSPS) is 16.5. The van der Waals surface area contributed by atoms with E-state index in [-0.39, 0.29) is 4.32 Å². The second-order valence-electron chi connectivity index (χ2n) is 6.00. The van der Waals surface area contributed by atoms with Gasteiger partial charge in [0.15, 0.2) is 0 Å². The fraction of sp³-hybridized carbons (Fsp3) is 0.150. The van der Waals surface area contributed by atoms with Crippen LogP contribution < -0.4 is 9.84 Å². The van der Waals surface area contributed by atoms with Crippen LogP contribution in [0.15, 0.2) is 53.4 Å². The molecule has 0 radical (unpaired) electrons. The highest BCUT2D eigenvalue weighted by molar-refractivity contribution is 8.26. The van der Waals surface area contributed by atoms with E-state index in [1.54, 1.807) is 36.4 Å². The molecule has 0 aliphatic carbocycles. The Morgan fingerprint density at radius 3 is 2.61 bits per heavy atom. The summed E-state index contributed by atoms with van der Waals surface area (Å²) >= 11 is 12.3. The molecule has 1 amide bonds. The molecule has 3 rings (SSSR count). The van der Waals surface area contributed by atoms with Gasteiger partial charge < -0.3 is 14.6 Å². The van der Waals surface area contributed by atoms with Crippen molar-refractivity contribution >= 4 is 57.9 Å². The molecule has 0 bridgehead atoms. The van der Waals surface area contributed by atoms with E-state index < -0.39 is 17.9 Å². The number of benzene rings is 2. The van der Waals surface area contributed by atoms with Crippen molar-refractivity contribution in [3.63, 3.8) is 0 Å². The first kappa shape index (κ1) is 20.4. The highest BCUT2D eigenvalue weighted by Gasteiger charge is 2.35. The lowest BCUT2D eigenvalue weighted by atomic mass is 10.2. The first-order chi connectivity index (χ1) is 13.4. The lowest BCUT2D eigenvalue weighted by Gasteiger charge is -2.23. The molecule has 8 heteroatoms. The van der Waals surface area contributed by atoms with Crippen molar-refractivity contribution in [3.05, 3.63) is 69.6 Å². The minimum atomic E-state index is -1.35. The molecule has 0 N–H and O–H groups in total. The Kier molecular flexibility index (Phi) is 6.39. The summed E-state index contributed by atoms with van der Waals surface area (Å²) in [6.45, 7) is 1.72. The number of nitrogens with zero attached hydrogens (tertiary/aromatic N) is 1. The molecule has 0 spiro atoms. The molecule has 1 fully saturated rings. The molecule has 1 heterocycles. The number of rotatable bonds is 6. The van der Waals surface area contributed by atoms with Crippen LogP contribution in [-0.4, -0.2) is 27.1 Å². The fourth-order valence-corrected chi connectivity index (χ4v) is 4.12. The minimum absolute atomic E-state index is 0.202. The molecule has 1 unspecified atom stereocenters. The van der Waals surface area contributed by atoms with Crippen molar-refractivity contribution in [2.75, 3.05) is 0 Å². The summed E-state index contributed by atoms with van der Waals surface area (Å²) in [6.07, 6.45) is 1.67. The molecule has 2 aromatic rings. The number of carbonyl (C=O) groups is 2. The number of carboxylic acids is 1. The molecule has 5 nitrogen and oxygen atoms in total. The smallest absolute Gasteiger partial charge is 0.266 e. The van der Waals surface area contributed by atoms with Crippen molar-refractivity contribution in [1.29, 1.82) is 0 Å². The topological polar surface area (TPSA) is 69.7 Å². The SMILES string of the molecule is CC(C(=O)[O-])N1C(=O)C(=Cc2ccc(OCc3ccccc3Cl)cc2)SC1=S. The van der Waals surface area contributed by atoms with Gasteiger partial charge in [0.05, 0.1) is 16.9 Å². The standard InChI is InChI=1S/C20H16ClNO4S2/c1-12(19(24)25)22-18(23)17(28-20(22)27)10-13-6-8-15(9-7-13)26-11-14-4-2-3-5-16(14)21/h2-10,12H,11H2,1H3,(H,24,25)/p-1. The predicted octanol–water partition coefficient (Wildman–Crippen LogP) is 3.26. The first-order valence-electron chi connectivity index (χ1n) is 8.31. The van der Waals surface area contributed by atoms with Crippen LogP contribution in [0.3, 0.4) is 0 Å². The van der Waals surface area contributed by atoms with Gasteiger partial charge in [-0.25, -0.2) is 0 Å². The molecular weight excluding hydrogens is 418 g/mol. The molecule has 1 atom stereocenters. The Balaban J connectivity index is 1.68. The van der Waals surface area contributed by atoms with Gasteiger partial charge in [0.25, 0.3) is 5.91 Å². The summed E-state index contributed by atoms with van der Waals surface area (Å²) in [4.78, 5) is 24.9. The lowest BCUT2D eigenvalue weighted by Crippen LogP contribution is -2.48. The molecule has 28 heavy (non-hydrogen) atoms. The predicted molar refractivity (Wildman–Crippen MR) is 112 cm³/mol. The van der Waals surface area contributed by atoms with Gasteiger partial charge in [0.2, 0.25) is 0 Å². The van der Waals surface area contributed by atoms with Gasteiger partial charge in [-0.15, -0.1) is 0 Å². The highest BCUT2D eigenvalue weighted by Crippen LogP contribution is 2.34. The van der Waals surface area contributed by atoms with E-state index in [1.165, 1.54) is 6.92 Å². The molecule has 2 aromatic carbocycles. The van der Waals surface area contributed by atoms with Gasteiger partial charge in [-0.2, -0.15) is 0 Å². The summed E-state index contributed by atoms with van der Waals surface area (Å²) in [5.41, 5.74) is 1.66. The van der Waals surface area contributed by atoms with Gasteiger partial charge in [0, 0.05) is 10.6 Å². The number of hydrogen-bond acceptors (Lipinski definition) is 6. The maximum Gasteiger partial charge on any atom is 0.266 e. The number of carboxylic acid groups (broad SMARTS) is 1. The van der Waals surface area contributed by atoms with Crippen molar-refractivity contribution in [2.24, 2.45) is 0 Å². The van der Waals surface area contributed by atoms with Gasteiger partial charge >= 0.3 is 0 Å². The Morgan fingerprint density at radius 2 is 1.96 bits per heavy atom. The zero-order chi connectivity index (χ0) is 20.3. The van der Waals surface area contributed by atoms with Crippen LogP contribution in [0.5, 0.6) is 5.75 Å². The molecule has 0 aromatic heterocycles. The minimum Gasteiger partial charge on any atom is -0.548 e. The number of carbonyl (C=O) groups excluding carboxylic acids is 2. The largest absolute Gasteiger partial charge is 0.548 e. The van der Waals surface area contributed by atoms with Crippen LogP contribution in [0.2, 0.25) is 5.02 Å². The Hall–Kier alpha value is -2.35. The van der Waals surface area contributed by atoms with Gasteiger partial charge in [0.1, 0.15) is 16.7 Å². The average molecular weight is 433 g/mol. The monoisotopic (exact) mass is 432 g/mol. The van der Waals surface area contributed by atoms with E-state index in [0.717, 1.165) is 27.8 Å². The third-order valence-electron chi connectivity index (χ3n) is 4.08. The van der Waals surface area contributed by atoms with Crippen LogP contribution in [0.25, 0.3) is 6.08 Å². The van der Waals surface area contributed by atoms with Crippen LogP contribution in [-0.2, 0) is 16.2 Å². The first-order valence-corrected chi connectivity index (χ1v) is 9.91.